The second-order valence-corrected chi connectivity index (χ2v) is 2.33. The molecular weight excluding hydrogens is 178 g/mol. The third kappa shape index (κ3) is 5.12. The third-order valence-corrected chi connectivity index (χ3v) is 1.11. The number of carbonyl (C=O) groups is 2. The van der Waals surface area contributed by atoms with E-state index in [-0.39, 0.29) is 6.42 Å². The number of carbonyl (C=O) groups excluding carboxylic acids is 2. The second kappa shape index (κ2) is 5.46. The summed E-state index contributed by atoms with van der Waals surface area (Å²) < 4.78 is 8.50. The number of nitrogens with two attached hydrogens (primary N) is 3. The Bertz CT molecular complexity index is 194. The van der Waals surface area contributed by atoms with E-state index in [1.807, 2.05) is 0 Å². The van der Waals surface area contributed by atoms with Gasteiger partial charge >= 0.3 is 11.9 Å². The largest absolute Gasteiger partial charge is 0.461 e. The maximum atomic E-state index is 10.7. The first-order valence-electron chi connectivity index (χ1n) is 3.53. The van der Waals surface area contributed by atoms with Crippen molar-refractivity contribution in [2.45, 2.75) is 18.8 Å². The van der Waals surface area contributed by atoms with Gasteiger partial charge in [0.15, 0.2) is 6.23 Å². The van der Waals surface area contributed by atoms with E-state index in [0.717, 1.165) is 7.11 Å². The summed E-state index contributed by atoms with van der Waals surface area (Å²) in [6, 6.07) is 0. The number of methoxy groups -OCH3 is 1. The summed E-state index contributed by atoms with van der Waals surface area (Å²) >= 11 is 0. The molecule has 0 saturated carbocycles. The highest BCUT2D eigenvalue weighted by Crippen LogP contribution is 1.93. The Morgan fingerprint density at radius 2 is 1.77 bits per heavy atom. The van der Waals surface area contributed by atoms with Gasteiger partial charge < -0.3 is 20.9 Å². The van der Waals surface area contributed by atoms with Gasteiger partial charge in [-0.2, -0.15) is 0 Å². The number of ether oxygens (including phenoxy) is 2. The molecule has 0 aliphatic heterocycles. The zero-order valence-electron chi connectivity index (χ0n) is 7.23. The summed E-state index contributed by atoms with van der Waals surface area (Å²) in [6.07, 6.45) is -1.62. The molecule has 7 heteroatoms. The van der Waals surface area contributed by atoms with Crippen molar-refractivity contribution < 1.29 is 19.1 Å². The van der Waals surface area contributed by atoms with E-state index in [9.17, 15) is 9.59 Å². The minimum atomic E-state index is -1.16. The van der Waals surface area contributed by atoms with Crippen molar-refractivity contribution in [2.24, 2.45) is 17.2 Å². The molecule has 0 aliphatic rings. The first-order chi connectivity index (χ1) is 5.97. The van der Waals surface area contributed by atoms with Gasteiger partial charge in [-0.1, -0.05) is 0 Å². The number of esters is 2. The molecule has 1 atom stereocenters. The molecule has 6 N–H and O–H groups in total. The molecule has 0 bridgehead atoms. The van der Waals surface area contributed by atoms with E-state index in [1.54, 1.807) is 0 Å². The van der Waals surface area contributed by atoms with Gasteiger partial charge in [-0.25, -0.2) is 9.59 Å². The summed E-state index contributed by atoms with van der Waals surface area (Å²) in [6.45, 7) is 0. The molecule has 0 amide bonds. The minimum absolute atomic E-state index is 0.0722. The Kier molecular flexibility index (Phi) is 4.97. The van der Waals surface area contributed by atoms with Crippen LogP contribution >= 0.6 is 0 Å². The van der Waals surface area contributed by atoms with Gasteiger partial charge in [0.2, 0.25) is 0 Å². The molecule has 0 spiro atoms. The van der Waals surface area contributed by atoms with E-state index in [2.05, 4.69) is 9.47 Å². The quantitative estimate of drug-likeness (QED) is 0.258. The maximum Gasteiger partial charge on any atom is 0.419 e. The Labute approximate surface area is 75.1 Å². The molecular formula is C6H13N3O4. The smallest absolute Gasteiger partial charge is 0.419 e. The minimum Gasteiger partial charge on any atom is -0.461 e. The lowest BCUT2D eigenvalue weighted by Crippen LogP contribution is -2.41. The van der Waals surface area contributed by atoms with Crippen LogP contribution in [0.25, 0.3) is 0 Å². The zero-order chi connectivity index (χ0) is 10.4. The highest BCUT2D eigenvalue weighted by molar-refractivity contribution is 6.29. The molecule has 0 fully saturated rings. The molecule has 0 aromatic carbocycles. The van der Waals surface area contributed by atoms with Crippen LogP contribution in [-0.4, -0.2) is 31.4 Å². The fraction of sp³-hybridized carbons (Fsp3) is 0.667. The molecule has 1 unspecified atom stereocenters. The number of hydrogen-bond acceptors (Lipinski definition) is 7. The summed E-state index contributed by atoms with van der Waals surface area (Å²) in [5, 5.41) is 0. The van der Waals surface area contributed by atoms with Crippen molar-refractivity contribution in [3.05, 3.63) is 0 Å². The van der Waals surface area contributed by atoms with Crippen LogP contribution in [0.4, 0.5) is 0 Å². The van der Waals surface area contributed by atoms with Crippen LogP contribution < -0.4 is 17.2 Å². The molecule has 76 valence electrons. The van der Waals surface area contributed by atoms with Crippen LogP contribution in [0, 0.1) is 0 Å². The molecule has 0 rings (SSSR count). The average Bonchev–Trinajstić information content (AvgIpc) is 2.01. The van der Waals surface area contributed by atoms with Crippen LogP contribution in [0.5, 0.6) is 0 Å². The highest BCUT2D eigenvalue weighted by atomic mass is 16.6. The van der Waals surface area contributed by atoms with Crippen molar-refractivity contribution in [1.29, 1.82) is 0 Å². The summed E-state index contributed by atoms with van der Waals surface area (Å²) in [5.41, 5.74) is 15.6. The van der Waals surface area contributed by atoms with Crippen molar-refractivity contribution in [1.82, 2.24) is 0 Å². The van der Waals surface area contributed by atoms with Crippen LogP contribution in [0.1, 0.15) is 6.42 Å². The Balaban J connectivity index is 3.85. The van der Waals surface area contributed by atoms with E-state index >= 15 is 0 Å². The normalized spacial score (nSPS) is 12.4. The number of rotatable bonds is 3. The second-order valence-electron chi connectivity index (χ2n) is 2.33. The maximum absolute atomic E-state index is 10.7. The van der Waals surface area contributed by atoms with Crippen LogP contribution in [-0.2, 0) is 19.1 Å². The van der Waals surface area contributed by atoms with Gasteiger partial charge in [-0.3, -0.25) is 5.73 Å². The van der Waals surface area contributed by atoms with Gasteiger partial charge in [-0.05, 0) is 0 Å². The molecule has 0 heterocycles. The van der Waals surface area contributed by atoms with Crippen LogP contribution in [0.3, 0.4) is 0 Å². The predicted molar refractivity (Wildman–Crippen MR) is 42.9 cm³/mol. The Morgan fingerprint density at radius 1 is 1.23 bits per heavy atom. The molecule has 0 aliphatic carbocycles. The first kappa shape index (κ1) is 11.8. The van der Waals surface area contributed by atoms with E-state index in [1.165, 1.54) is 0 Å². The summed E-state index contributed by atoms with van der Waals surface area (Å²) in [4.78, 5) is 21.2. The summed E-state index contributed by atoms with van der Waals surface area (Å²) in [5.74, 6) is -2.27. The van der Waals surface area contributed by atoms with Gasteiger partial charge in [0.25, 0.3) is 0 Å². The number of hydrogen-bond donors (Lipinski definition) is 3. The van der Waals surface area contributed by atoms with Crippen LogP contribution in [0.2, 0.25) is 0 Å². The molecule has 0 aromatic heterocycles. The molecule has 0 radical (unpaired) electrons. The zero-order valence-corrected chi connectivity index (χ0v) is 7.23. The predicted octanol–water partition coefficient (Wildman–Crippen LogP) is -2.38. The van der Waals surface area contributed by atoms with Gasteiger partial charge in [0.05, 0.1) is 13.3 Å². The Morgan fingerprint density at radius 3 is 2.15 bits per heavy atom. The molecule has 7 nitrogen and oxygen atoms in total. The summed E-state index contributed by atoms with van der Waals surface area (Å²) in [7, 11) is 1.06. The van der Waals surface area contributed by atoms with Crippen LogP contribution in [0.15, 0.2) is 0 Å². The molecule has 0 saturated heterocycles. The highest BCUT2D eigenvalue weighted by Gasteiger charge is 2.19. The molecule has 0 aromatic rings. The third-order valence-electron chi connectivity index (χ3n) is 1.11. The van der Waals surface area contributed by atoms with Crippen molar-refractivity contribution >= 4 is 11.9 Å². The molecule has 13 heavy (non-hydrogen) atoms. The SMILES string of the molecule is COC(=O)C(=O)OC(N)CC(N)N. The van der Waals surface area contributed by atoms with Crippen molar-refractivity contribution in [3.63, 3.8) is 0 Å². The Hall–Kier alpha value is -1.18. The average molecular weight is 191 g/mol. The monoisotopic (exact) mass is 191 g/mol. The standard InChI is InChI=1S/C6H13N3O4/c1-12-5(10)6(11)13-4(9)2-3(7)8/h3-4H,2,7-9H2,1H3. The van der Waals surface area contributed by atoms with Crippen molar-refractivity contribution in [2.75, 3.05) is 7.11 Å². The van der Waals surface area contributed by atoms with Gasteiger partial charge in [-0.15, -0.1) is 0 Å². The van der Waals surface area contributed by atoms with Crippen molar-refractivity contribution in [3.8, 4) is 0 Å². The lowest BCUT2D eigenvalue weighted by molar-refractivity contribution is -0.169. The van der Waals surface area contributed by atoms with Gasteiger partial charge in [0, 0.05) is 6.42 Å². The fourth-order valence-electron chi connectivity index (χ4n) is 0.585. The lowest BCUT2D eigenvalue weighted by Gasteiger charge is -2.13. The fourth-order valence-corrected chi connectivity index (χ4v) is 0.585. The topological polar surface area (TPSA) is 131 Å². The van der Waals surface area contributed by atoms with E-state index in [4.69, 9.17) is 17.2 Å². The van der Waals surface area contributed by atoms with E-state index in [0.29, 0.717) is 0 Å². The van der Waals surface area contributed by atoms with E-state index < -0.39 is 24.3 Å². The van der Waals surface area contributed by atoms with Gasteiger partial charge in [0.1, 0.15) is 0 Å². The first-order valence-corrected chi connectivity index (χ1v) is 3.53. The lowest BCUT2D eigenvalue weighted by atomic mass is 10.3.